The molecule has 1 unspecified atom stereocenters. The summed E-state index contributed by atoms with van der Waals surface area (Å²) in [6.07, 6.45) is 6.09. The van der Waals surface area contributed by atoms with E-state index in [1.54, 1.807) is 6.20 Å². The number of hydrogen-bond donors (Lipinski definition) is 3. The van der Waals surface area contributed by atoms with Gasteiger partial charge in [0.2, 0.25) is 0 Å². The molecule has 1 saturated heterocycles. The minimum atomic E-state index is -0.0597. The number of nitrogens with one attached hydrogen (secondary N) is 1. The van der Waals surface area contributed by atoms with Crippen LogP contribution in [0.1, 0.15) is 41.6 Å². The van der Waals surface area contributed by atoms with Gasteiger partial charge in [-0.1, -0.05) is 18.6 Å². The van der Waals surface area contributed by atoms with Gasteiger partial charge in [-0.3, -0.25) is 9.69 Å². The van der Waals surface area contributed by atoms with E-state index in [0.29, 0.717) is 17.9 Å². The molecule has 1 fully saturated rings. The molecule has 1 aromatic heterocycles. The highest BCUT2D eigenvalue weighted by atomic mass is 16.3. The number of carbonyl (C=O) groups excluding carboxylic acids is 1. The van der Waals surface area contributed by atoms with Gasteiger partial charge in [0.25, 0.3) is 5.91 Å². The highest BCUT2D eigenvalue weighted by Gasteiger charge is 2.20. The second kappa shape index (κ2) is 9.66. The highest BCUT2D eigenvalue weighted by molar-refractivity contribution is 5.94. The molecule has 1 aliphatic rings. The van der Waals surface area contributed by atoms with Gasteiger partial charge in [0.1, 0.15) is 5.82 Å². The number of rotatable bonds is 7. The Hall–Kier alpha value is -2.44. The molecular formula is C22H30N4O2. The summed E-state index contributed by atoms with van der Waals surface area (Å²) in [6, 6.07) is 9.81. The van der Waals surface area contributed by atoms with Crippen molar-refractivity contribution in [3.8, 4) is 11.1 Å². The van der Waals surface area contributed by atoms with Crippen molar-refractivity contribution in [3.05, 3.63) is 47.7 Å². The van der Waals surface area contributed by atoms with Crippen LogP contribution in [0.5, 0.6) is 0 Å². The van der Waals surface area contributed by atoms with Crippen molar-refractivity contribution < 1.29 is 9.90 Å². The topological polar surface area (TPSA) is 91.5 Å². The Morgan fingerprint density at radius 1 is 1.29 bits per heavy atom. The van der Waals surface area contributed by atoms with Crippen LogP contribution in [0.15, 0.2) is 36.5 Å². The van der Waals surface area contributed by atoms with E-state index in [9.17, 15) is 9.90 Å². The molecule has 0 aliphatic carbocycles. The number of anilines is 1. The third kappa shape index (κ3) is 5.09. The van der Waals surface area contributed by atoms with Crippen LogP contribution in [0.2, 0.25) is 0 Å². The predicted octanol–water partition coefficient (Wildman–Crippen LogP) is 2.61. The highest BCUT2D eigenvalue weighted by Crippen LogP contribution is 2.22. The Balaban J connectivity index is 1.48. The zero-order chi connectivity index (χ0) is 19.9. The van der Waals surface area contributed by atoms with Crippen LogP contribution in [0.25, 0.3) is 11.1 Å². The number of carbonyl (C=O) groups is 1. The maximum atomic E-state index is 12.4. The van der Waals surface area contributed by atoms with Gasteiger partial charge in [-0.2, -0.15) is 0 Å². The summed E-state index contributed by atoms with van der Waals surface area (Å²) in [7, 11) is 0. The SMILES string of the molecule is Cc1cc(-c2ccc(C(=O)NCCCN3CCCCC3CO)cc2)cnc1N. The van der Waals surface area contributed by atoms with Gasteiger partial charge in [0.05, 0.1) is 6.61 Å². The van der Waals surface area contributed by atoms with E-state index < -0.39 is 0 Å². The van der Waals surface area contributed by atoms with Gasteiger partial charge in [-0.15, -0.1) is 0 Å². The second-order valence-corrected chi connectivity index (χ2v) is 7.48. The quantitative estimate of drug-likeness (QED) is 0.640. The molecule has 2 heterocycles. The van der Waals surface area contributed by atoms with E-state index in [-0.39, 0.29) is 18.6 Å². The van der Waals surface area contributed by atoms with Crippen molar-refractivity contribution in [2.24, 2.45) is 0 Å². The molecule has 0 bridgehead atoms. The molecule has 1 aliphatic heterocycles. The van der Waals surface area contributed by atoms with E-state index in [2.05, 4.69) is 15.2 Å². The lowest BCUT2D eigenvalue weighted by Gasteiger charge is -2.34. The second-order valence-electron chi connectivity index (χ2n) is 7.48. The van der Waals surface area contributed by atoms with Crippen LogP contribution in [0.4, 0.5) is 5.82 Å². The number of amides is 1. The lowest BCUT2D eigenvalue weighted by atomic mass is 10.0. The molecule has 6 nitrogen and oxygen atoms in total. The van der Waals surface area contributed by atoms with Gasteiger partial charge < -0.3 is 16.2 Å². The summed E-state index contributed by atoms with van der Waals surface area (Å²) in [5.74, 6) is 0.477. The zero-order valence-electron chi connectivity index (χ0n) is 16.5. The van der Waals surface area contributed by atoms with Crippen molar-refractivity contribution in [2.75, 3.05) is 32.0 Å². The van der Waals surface area contributed by atoms with E-state index in [1.807, 2.05) is 37.3 Å². The standard InChI is InChI=1S/C22H30N4O2/c1-16-13-19(14-25-21(16)23)17-6-8-18(9-7-17)22(28)24-10-4-12-26-11-3-2-5-20(26)15-27/h6-9,13-14,20,27H,2-5,10-12,15H2,1H3,(H2,23,25)(H,24,28). The normalized spacial score (nSPS) is 17.4. The number of piperidine rings is 1. The van der Waals surface area contributed by atoms with Crippen molar-refractivity contribution in [1.29, 1.82) is 0 Å². The van der Waals surface area contributed by atoms with Gasteiger partial charge in [0, 0.05) is 36.5 Å². The lowest BCUT2D eigenvalue weighted by molar-refractivity contribution is 0.0868. The maximum absolute atomic E-state index is 12.4. The number of likely N-dealkylation sites (tertiary alicyclic amines) is 1. The Morgan fingerprint density at radius 2 is 2.07 bits per heavy atom. The van der Waals surface area contributed by atoms with Crippen molar-refractivity contribution in [3.63, 3.8) is 0 Å². The molecule has 4 N–H and O–H groups in total. The third-order valence-corrected chi connectivity index (χ3v) is 5.47. The van der Waals surface area contributed by atoms with Crippen LogP contribution in [0, 0.1) is 6.92 Å². The first-order valence-electron chi connectivity index (χ1n) is 10.0. The monoisotopic (exact) mass is 382 g/mol. The van der Waals surface area contributed by atoms with Gasteiger partial charge in [0.15, 0.2) is 0 Å². The molecule has 2 aromatic rings. The molecule has 150 valence electrons. The Bertz CT molecular complexity index is 792. The number of nitrogen functional groups attached to an aromatic ring is 1. The molecule has 1 aromatic carbocycles. The number of benzene rings is 1. The van der Waals surface area contributed by atoms with Gasteiger partial charge in [-0.25, -0.2) is 4.98 Å². The van der Waals surface area contributed by atoms with E-state index in [0.717, 1.165) is 42.6 Å². The molecule has 0 saturated carbocycles. The summed E-state index contributed by atoms with van der Waals surface area (Å²) in [4.78, 5) is 18.9. The fourth-order valence-corrected chi connectivity index (χ4v) is 3.70. The van der Waals surface area contributed by atoms with Crippen LogP contribution in [-0.2, 0) is 0 Å². The molecular weight excluding hydrogens is 352 g/mol. The lowest BCUT2D eigenvalue weighted by Crippen LogP contribution is -2.43. The van der Waals surface area contributed by atoms with Crippen molar-refractivity contribution >= 4 is 11.7 Å². The van der Waals surface area contributed by atoms with Crippen molar-refractivity contribution in [2.45, 2.75) is 38.6 Å². The average Bonchev–Trinajstić information content (AvgIpc) is 2.73. The Labute approximate surface area is 166 Å². The minimum absolute atomic E-state index is 0.0597. The van der Waals surface area contributed by atoms with Gasteiger partial charge in [-0.05, 0) is 62.1 Å². The summed E-state index contributed by atoms with van der Waals surface area (Å²) < 4.78 is 0. The number of hydrogen-bond acceptors (Lipinski definition) is 5. The van der Waals surface area contributed by atoms with Crippen LogP contribution in [0.3, 0.4) is 0 Å². The first-order valence-corrected chi connectivity index (χ1v) is 10.0. The summed E-state index contributed by atoms with van der Waals surface area (Å²) >= 11 is 0. The predicted molar refractivity (Wildman–Crippen MR) is 112 cm³/mol. The largest absolute Gasteiger partial charge is 0.395 e. The maximum Gasteiger partial charge on any atom is 0.251 e. The number of aryl methyl sites for hydroxylation is 1. The Morgan fingerprint density at radius 3 is 2.79 bits per heavy atom. The summed E-state index contributed by atoms with van der Waals surface area (Å²) in [5.41, 5.74) is 9.35. The number of nitrogens with two attached hydrogens (primary N) is 1. The fourth-order valence-electron chi connectivity index (χ4n) is 3.70. The van der Waals surface area contributed by atoms with E-state index >= 15 is 0 Å². The summed E-state index contributed by atoms with van der Waals surface area (Å²) in [6.45, 7) is 4.74. The fraction of sp³-hybridized carbons (Fsp3) is 0.455. The van der Waals surface area contributed by atoms with Crippen molar-refractivity contribution in [1.82, 2.24) is 15.2 Å². The van der Waals surface area contributed by atoms with E-state index in [1.165, 1.54) is 12.8 Å². The molecule has 1 atom stereocenters. The Kier molecular flexibility index (Phi) is 7.01. The number of nitrogens with zero attached hydrogens (tertiary/aromatic N) is 2. The van der Waals surface area contributed by atoms with E-state index in [4.69, 9.17) is 5.73 Å². The molecule has 0 spiro atoms. The number of aromatic nitrogens is 1. The van der Waals surface area contributed by atoms with Crippen LogP contribution in [-0.4, -0.2) is 53.2 Å². The number of aliphatic hydroxyl groups is 1. The smallest absolute Gasteiger partial charge is 0.251 e. The van der Waals surface area contributed by atoms with Crippen LogP contribution < -0.4 is 11.1 Å². The van der Waals surface area contributed by atoms with Gasteiger partial charge >= 0.3 is 0 Å². The third-order valence-electron chi connectivity index (χ3n) is 5.47. The summed E-state index contributed by atoms with van der Waals surface area (Å²) in [5, 5.41) is 12.5. The number of aliphatic hydroxyl groups excluding tert-OH is 1. The average molecular weight is 383 g/mol. The molecule has 6 heteroatoms. The number of pyridine rings is 1. The molecule has 0 radical (unpaired) electrons. The molecule has 1 amide bonds. The first kappa shape index (κ1) is 20.3. The minimum Gasteiger partial charge on any atom is -0.395 e. The zero-order valence-corrected chi connectivity index (χ0v) is 16.5. The molecule has 28 heavy (non-hydrogen) atoms. The molecule has 3 rings (SSSR count). The first-order chi connectivity index (χ1) is 13.6. The van der Waals surface area contributed by atoms with Crippen LogP contribution >= 0.6 is 0 Å².